The number of carboxylic acids is 1. The van der Waals surface area contributed by atoms with Crippen molar-refractivity contribution in [1.82, 2.24) is 5.32 Å². The largest absolute Gasteiger partial charge is 0.497 e. The van der Waals surface area contributed by atoms with Gasteiger partial charge in [0.2, 0.25) is 0 Å². The van der Waals surface area contributed by atoms with Gasteiger partial charge in [0.1, 0.15) is 11.8 Å². The Morgan fingerprint density at radius 1 is 1.09 bits per heavy atom. The first-order chi connectivity index (χ1) is 10.6. The highest BCUT2D eigenvalue weighted by molar-refractivity contribution is 5.96. The van der Waals surface area contributed by atoms with Crippen LogP contribution in [0.2, 0.25) is 0 Å². The molecule has 2 N–H and O–H groups in total. The van der Waals surface area contributed by atoms with E-state index in [4.69, 9.17) is 4.74 Å². The third kappa shape index (κ3) is 4.09. The molecule has 0 saturated heterocycles. The number of hydrogen-bond donors (Lipinski definition) is 2. The summed E-state index contributed by atoms with van der Waals surface area (Å²) >= 11 is 0. The van der Waals surface area contributed by atoms with Crippen LogP contribution in [-0.2, 0) is 11.2 Å². The van der Waals surface area contributed by atoms with Gasteiger partial charge >= 0.3 is 5.97 Å². The summed E-state index contributed by atoms with van der Waals surface area (Å²) in [7, 11) is 1.56. The van der Waals surface area contributed by atoms with Gasteiger partial charge in [0.15, 0.2) is 0 Å². The fourth-order valence-corrected chi connectivity index (χ4v) is 2.03. The Hall–Kier alpha value is -2.82. The van der Waals surface area contributed by atoms with E-state index < -0.39 is 17.9 Å². The molecule has 0 aliphatic carbocycles. The smallest absolute Gasteiger partial charge is 0.326 e. The van der Waals surface area contributed by atoms with E-state index >= 15 is 0 Å². The van der Waals surface area contributed by atoms with E-state index in [1.807, 2.05) is 0 Å². The molecule has 2 aromatic carbocycles. The standard InChI is InChI=1S/C17H17NO4/c1-22-14-9-7-12(8-10-14)11-15(17(20)21)18-16(19)13-5-3-2-4-6-13/h2-10,15H,11H2,1H3,(H,18,19)(H,20,21)/t15-/m0/s1. The van der Waals surface area contributed by atoms with Crippen LogP contribution < -0.4 is 10.1 Å². The molecule has 0 fully saturated rings. The van der Waals surface area contributed by atoms with Crippen LogP contribution in [0.4, 0.5) is 0 Å². The van der Waals surface area contributed by atoms with Crippen LogP contribution in [0.25, 0.3) is 0 Å². The number of rotatable bonds is 6. The lowest BCUT2D eigenvalue weighted by atomic mass is 10.1. The minimum Gasteiger partial charge on any atom is -0.497 e. The van der Waals surface area contributed by atoms with Crippen LogP contribution in [0, 0.1) is 0 Å². The van der Waals surface area contributed by atoms with Crippen molar-refractivity contribution in [1.29, 1.82) is 0 Å². The Morgan fingerprint density at radius 2 is 1.73 bits per heavy atom. The average molecular weight is 299 g/mol. The molecule has 0 unspecified atom stereocenters. The predicted octanol–water partition coefficient (Wildman–Crippen LogP) is 2.12. The first-order valence-corrected chi connectivity index (χ1v) is 6.82. The van der Waals surface area contributed by atoms with E-state index in [9.17, 15) is 14.7 Å². The van der Waals surface area contributed by atoms with Gasteiger partial charge in [-0.2, -0.15) is 0 Å². The summed E-state index contributed by atoms with van der Waals surface area (Å²) < 4.78 is 5.06. The highest BCUT2D eigenvalue weighted by atomic mass is 16.5. The lowest BCUT2D eigenvalue weighted by molar-refractivity contribution is -0.139. The highest BCUT2D eigenvalue weighted by Crippen LogP contribution is 2.13. The fourth-order valence-electron chi connectivity index (χ4n) is 2.03. The number of nitrogens with one attached hydrogen (secondary N) is 1. The lowest BCUT2D eigenvalue weighted by Crippen LogP contribution is -2.42. The van der Waals surface area contributed by atoms with Crippen LogP contribution in [0.1, 0.15) is 15.9 Å². The SMILES string of the molecule is COc1ccc(C[C@H](NC(=O)c2ccccc2)C(=O)O)cc1. The lowest BCUT2D eigenvalue weighted by Gasteiger charge is -2.15. The number of methoxy groups -OCH3 is 1. The van der Waals surface area contributed by atoms with E-state index in [0.29, 0.717) is 11.3 Å². The number of aliphatic carboxylic acids is 1. The maximum atomic E-state index is 12.1. The molecule has 5 nitrogen and oxygen atoms in total. The van der Waals surface area contributed by atoms with Gasteiger partial charge in [-0.05, 0) is 29.8 Å². The summed E-state index contributed by atoms with van der Waals surface area (Å²) in [5, 5.41) is 11.8. The number of carbonyl (C=O) groups is 2. The molecule has 1 amide bonds. The highest BCUT2D eigenvalue weighted by Gasteiger charge is 2.21. The summed E-state index contributed by atoms with van der Waals surface area (Å²) in [6.45, 7) is 0. The van der Waals surface area contributed by atoms with E-state index in [-0.39, 0.29) is 6.42 Å². The van der Waals surface area contributed by atoms with Crippen molar-refractivity contribution in [3.63, 3.8) is 0 Å². The number of hydrogen-bond acceptors (Lipinski definition) is 3. The van der Waals surface area contributed by atoms with Crippen LogP contribution in [0.5, 0.6) is 5.75 Å². The number of carboxylic acid groups (broad SMARTS) is 1. The van der Waals surface area contributed by atoms with Gasteiger partial charge in [-0.3, -0.25) is 4.79 Å². The minimum atomic E-state index is -1.07. The molecular formula is C17H17NO4. The summed E-state index contributed by atoms with van der Waals surface area (Å²) in [6, 6.07) is 14.6. The molecule has 114 valence electrons. The number of amides is 1. The van der Waals surface area contributed by atoms with Crippen LogP contribution in [-0.4, -0.2) is 30.1 Å². The zero-order valence-corrected chi connectivity index (χ0v) is 12.2. The zero-order chi connectivity index (χ0) is 15.9. The first-order valence-electron chi connectivity index (χ1n) is 6.82. The van der Waals surface area contributed by atoms with Crippen molar-refractivity contribution < 1.29 is 19.4 Å². The molecule has 22 heavy (non-hydrogen) atoms. The van der Waals surface area contributed by atoms with Gasteiger partial charge in [0, 0.05) is 12.0 Å². The second-order valence-electron chi connectivity index (χ2n) is 4.78. The van der Waals surface area contributed by atoms with Crippen molar-refractivity contribution in [2.45, 2.75) is 12.5 Å². The molecule has 0 bridgehead atoms. The number of carbonyl (C=O) groups excluding carboxylic acids is 1. The molecule has 0 aromatic heterocycles. The van der Waals surface area contributed by atoms with Gasteiger partial charge in [0.05, 0.1) is 7.11 Å². The molecule has 0 saturated carbocycles. The van der Waals surface area contributed by atoms with E-state index in [1.54, 1.807) is 61.7 Å². The van der Waals surface area contributed by atoms with Crippen LogP contribution >= 0.6 is 0 Å². The van der Waals surface area contributed by atoms with Crippen molar-refractivity contribution in [3.8, 4) is 5.75 Å². The van der Waals surface area contributed by atoms with E-state index in [1.165, 1.54) is 0 Å². The molecule has 0 spiro atoms. The van der Waals surface area contributed by atoms with Gasteiger partial charge < -0.3 is 15.2 Å². The quantitative estimate of drug-likeness (QED) is 0.856. The van der Waals surface area contributed by atoms with E-state index in [2.05, 4.69) is 5.32 Å². The molecule has 0 aliphatic rings. The van der Waals surface area contributed by atoms with Crippen molar-refractivity contribution in [3.05, 3.63) is 65.7 Å². The Bertz CT molecular complexity index is 637. The van der Waals surface area contributed by atoms with Gasteiger partial charge in [-0.15, -0.1) is 0 Å². The molecule has 0 heterocycles. The Morgan fingerprint density at radius 3 is 2.27 bits per heavy atom. The molecule has 2 aromatic rings. The summed E-state index contributed by atoms with van der Waals surface area (Å²) in [5.41, 5.74) is 1.24. The molecule has 1 atom stereocenters. The zero-order valence-electron chi connectivity index (χ0n) is 12.2. The first kappa shape index (κ1) is 15.6. The predicted molar refractivity (Wildman–Crippen MR) is 82.0 cm³/mol. The maximum Gasteiger partial charge on any atom is 0.326 e. The molecular weight excluding hydrogens is 282 g/mol. The monoisotopic (exact) mass is 299 g/mol. The molecule has 0 aliphatic heterocycles. The fraction of sp³-hybridized carbons (Fsp3) is 0.176. The van der Waals surface area contributed by atoms with E-state index in [0.717, 1.165) is 5.56 Å². The summed E-state index contributed by atoms with van der Waals surface area (Å²) in [6.07, 6.45) is 0.206. The topological polar surface area (TPSA) is 75.6 Å². The van der Waals surface area contributed by atoms with Crippen molar-refractivity contribution in [2.75, 3.05) is 7.11 Å². The normalized spacial score (nSPS) is 11.5. The van der Waals surface area contributed by atoms with Gasteiger partial charge in [-0.1, -0.05) is 30.3 Å². The summed E-state index contributed by atoms with van der Waals surface area (Å²) in [4.78, 5) is 23.4. The Kier molecular flexibility index (Phi) is 5.14. The average Bonchev–Trinajstić information content (AvgIpc) is 2.55. The third-order valence-corrected chi connectivity index (χ3v) is 3.24. The second kappa shape index (κ2) is 7.26. The molecule has 5 heteroatoms. The Balaban J connectivity index is 2.06. The van der Waals surface area contributed by atoms with Crippen LogP contribution in [0.15, 0.2) is 54.6 Å². The van der Waals surface area contributed by atoms with Crippen molar-refractivity contribution >= 4 is 11.9 Å². The maximum absolute atomic E-state index is 12.1. The minimum absolute atomic E-state index is 0.206. The molecule has 2 rings (SSSR count). The number of benzene rings is 2. The Labute approximate surface area is 128 Å². The van der Waals surface area contributed by atoms with Crippen LogP contribution in [0.3, 0.4) is 0 Å². The molecule has 0 radical (unpaired) electrons. The van der Waals surface area contributed by atoms with Crippen molar-refractivity contribution in [2.24, 2.45) is 0 Å². The second-order valence-corrected chi connectivity index (χ2v) is 4.78. The third-order valence-electron chi connectivity index (χ3n) is 3.24. The van der Waals surface area contributed by atoms with Gasteiger partial charge in [-0.25, -0.2) is 4.79 Å². The summed E-state index contributed by atoms with van der Waals surface area (Å²) in [5.74, 6) is -0.773. The van der Waals surface area contributed by atoms with Gasteiger partial charge in [0.25, 0.3) is 5.91 Å². The number of ether oxygens (including phenoxy) is 1.